The fourth-order valence-electron chi connectivity index (χ4n) is 4.03. The van der Waals surface area contributed by atoms with Crippen LogP contribution in [0.25, 0.3) is 32.6 Å². The first kappa shape index (κ1) is 23.7. The van der Waals surface area contributed by atoms with Crippen molar-refractivity contribution in [1.29, 1.82) is 0 Å². The zero-order valence-electron chi connectivity index (χ0n) is 19.3. The van der Waals surface area contributed by atoms with Crippen LogP contribution in [0.4, 0.5) is 5.69 Å². The lowest BCUT2D eigenvalue weighted by molar-refractivity contribution is -0.113. The van der Waals surface area contributed by atoms with Crippen molar-refractivity contribution in [2.75, 3.05) is 18.3 Å². The van der Waals surface area contributed by atoms with Gasteiger partial charge in [0.25, 0.3) is 0 Å². The molecule has 5 rings (SSSR count). The van der Waals surface area contributed by atoms with Crippen molar-refractivity contribution in [3.05, 3.63) is 101 Å². The van der Waals surface area contributed by atoms with Gasteiger partial charge in [-0.05, 0) is 29.3 Å². The smallest absolute Gasteiger partial charge is 0.239 e. The number of nitrogens with zero attached hydrogens (tertiary/aromatic N) is 1. The number of carbonyl (C=O) groups is 2. The summed E-state index contributed by atoms with van der Waals surface area (Å²) >= 11 is 7.10. The Morgan fingerprint density at radius 2 is 1.58 bits per heavy atom. The second kappa shape index (κ2) is 10.3. The molecule has 0 saturated heterocycles. The molecule has 0 aliphatic rings. The number of amides is 1. The Morgan fingerprint density at radius 1 is 0.917 bits per heavy atom. The lowest BCUT2D eigenvalue weighted by atomic mass is 9.98. The van der Waals surface area contributed by atoms with E-state index in [-0.39, 0.29) is 11.7 Å². The molecule has 0 spiro atoms. The van der Waals surface area contributed by atoms with Crippen LogP contribution >= 0.6 is 22.9 Å². The molecule has 3 aromatic carbocycles. The molecule has 0 bridgehead atoms. The van der Waals surface area contributed by atoms with Gasteiger partial charge < -0.3 is 10.1 Å². The molecule has 0 radical (unpaired) electrons. The van der Waals surface area contributed by atoms with Gasteiger partial charge in [0, 0.05) is 16.5 Å². The summed E-state index contributed by atoms with van der Waals surface area (Å²) in [7, 11) is 1.62. The summed E-state index contributed by atoms with van der Waals surface area (Å²) in [6, 6.07) is 28.5. The first-order chi connectivity index (χ1) is 17.6. The minimum atomic E-state index is -0.397. The Labute approximate surface area is 217 Å². The maximum Gasteiger partial charge on any atom is 0.239 e. The molecule has 36 heavy (non-hydrogen) atoms. The number of ketones is 1. The van der Waals surface area contributed by atoms with E-state index < -0.39 is 5.91 Å². The zero-order chi connectivity index (χ0) is 25.1. The van der Waals surface area contributed by atoms with Crippen molar-refractivity contribution in [2.45, 2.75) is 0 Å². The Morgan fingerprint density at radius 3 is 2.22 bits per heavy atom. The number of anilines is 1. The number of methoxy groups -OCH3 is 1. The van der Waals surface area contributed by atoms with Crippen molar-refractivity contribution in [3.63, 3.8) is 0 Å². The largest absolute Gasteiger partial charge is 0.497 e. The lowest BCUT2D eigenvalue weighted by Crippen LogP contribution is -2.15. The lowest BCUT2D eigenvalue weighted by Gasteiger charge is -2.12. The molecule has 2 aromatic heterocycles. The summed E-state index contributed by atoms with van der Waals surface area (Å²) in [4.78, 5) is 32.0. The maximum absolute atomic E-state index is 13.6. The third-order valence-electron chi connectivity index (χ3n) is 5.76. The second-order valence-corrected chi connectivity index (χ2v) is 9.28. The molecule has 0 saturated carbocycles. The quantitative estimate of drug-likeness (QED) is 0.187. The predicted octanol–water partition coefficient (Wildman–Crippen LogP) is 7.05. The summed E-state index contributed by atoms with van der Waals surface area (Å²) in [5.74, 6) is -0.0889. The molecular weight excluding hydrogens is 492 g/mol. The fraction of sp³-hybridized carbons (Fsp3) is 0.0690. The number of hydrogen-bond acceptors (Lipinski definition) is 5. The fourth-order valence-corrected chi connectivity index (χ4v) is 5.21. The van der Waals surface area contributed by atoms with Gasteiger partial charge in [0.15, 0.2) is 0 Å². The SMILES string of the molecule is COc1ccc(-c2cc(-c3ccccc3)nc3sc(C(=O)c4ccccc4)c(NC(=O)CCl)c23)cc1. The van der Waals surface area contributed by atoms with Gasteiger partial charge in [-0.25, -0.2) is 4.98 Å². The number of aromatic nitrogens is 1. The Hall–Kier alpha value is -4.00. The third kappa shape index (κ3) is 4.61. The van der Waals surface area contributed by atoms with Gasteiger partial charge in [-0.1, -0.05) is 72.8 Å². The highest BCUT2D eigenvalue weighted by Gasteiger charge is 2.25. The summed E-state index contributed by atoms with van der Waals surface area (Å²) in [5, 5.41) is 3.58. The van der Waals surface area contributed by atoms with Gasteiger partial charge in [-0.3, -0.25) is 9.59 Å². The first-order valence-corrected chi connectivity index (χ1v) is 12.6. The predicted molar refractivity (Wildman–Crippen MR) is 146 cm³/mol. The van der Waals surface area contributed by atoms with E-state index in [0.717, 1.165) is 28.1 Å². The van der Waals surface area contributed by atoms with Gasteiger partial charge in [0.1, 0.15) is 21.3 Å². The van der Waals surface area contributed by atoms with Crippen molar-refractivity contribution >= 4 is 50.5 Å². The first-order valence-electron chi connectivity index (χ1n) is 11.2. The highest BCUT2D eigenvalue weighted by molar-refractivity contribution is 7.21. The van der Waals surface area contributed by atoms with Crippen LogP contribution in [0.3, 0.4) is 0 Å². The number of fused-ring (bicyclic) bond motifs is 1. The molecule has 178 valence electrons. The van der Waals surface area contributed by atoms with E-state index >= 15 is 0 Å². The minimum absolute atomic E-state index is 0.189. The molecule has 1 N–H and O–H groups in total. The molecule has 5 aromatic rings. The highest BCUT2D eigenvalue weighted by atomic mass is 35.5. The number of pyridine rings is 1. The van der Waals surface area contributed by atoms with Crippen LogP contribution < -0.4 is 10.1 Å². The van der Waals surface area contributed by atoms with E-state index in [1.54, 1.807) is 19.2 Å². The monoisotopic (exact) mass is 512 g/mol. The normalized spacial score (nSPS) is 10.8. The third-order valence-corrected chi connectivity index (χ3v) is 7.09. The topological polar surface area (TPSA) is 68.3 Å². The van der Waals surface area contributed by atoms with E-state index in [9.17, 15) is 9.59 Å². The average molecular weight is 513 g/mol. The van der Waals surface area contributed by atoms with Crippen molar-refractivity contribution in [1.82, 2.24) is 4.98 Å². The van der Waals surface area contributed by atoms with E-state index in [2.05, 4.69) is 5.32 Å². The molecule has 0 aliphatic carbocycles. The van der Waals surface area contributed by atoms with Crippen LogP contribution in [0, 0.1) is 0 Å². The van der Waals surface area contributed by atoms with E-state index in [4.69, 9.17) is 21.3 Å². The number of halogens is 1. The van der Waals surface area contributed by atoms with Gasteiger partial charge in [0.05, 0.1) is 18.5 Å². The number of thiophene rings is 1. The van der Waals surface area contributed by atoms with Crippen LogP contribution in [-0.2, 0) is 4.79 Å². The van der Waals surface area contributed by atoms with Crippen LogP contribution in [0.1, 0.15) is 15.2 Å². The van der Waals surface area contributed by atoms with Gasteiger partial charge in [0.2, 0.25) is 11.7 Å². The summed E-state index contributed by atoms with van der Waals surface area (Å²) < 4.78 is 5.33. The second-order valence-electron chi connectivity index (χ2n) is 8.01. The number of alkyl halides is 1. The van der Waals surface area contributed by atoms with Gasteiger partial charge >= 0.3 is 0 Å². The van der Waals surface area contributed by atoms with Gasteiger partial charge in [-0.15, -0.1) is 22.9 Å². The molecule has 0 atom stereocenters. The van der Waals surface area contributed by atoms with Crippen molar-refractivity contribution < 1.29 is 14.3 Å². The summed E-state index contributed by atoms with van der Waals surface area (Å²) in [6.45, 7) is 0. The number of ether oxygens (including phenoxy) is 1. The number of nitrogens with one attached hydrogen (secondary N) is 1. The Bertz CT molecular complexity index is 1550. The molecule has 0 unspecified atom stereocenters. The number of benzene rings is 3. The number of rotatable bonds is 7. The van der Waals surface area contributed by atoms with Crippen molar-refractivity contribution in [3.8, 4) is 28.1 Å². The maximum atomic E-state index is 13.6. The number of hydrogen-bond donors (Lipinski definition) is 1. The van der Waals surface area contributed by atoms with E-state index in [1.807, 2.05) is 78.9 Å². The molecule has 7 heteroatoms. The molecule has 5 nitrogen and oxygen atoms in total. The molecular formula is C29H21ClN2O3S. The summed E-state index contributed by atoms with van der Waals surface area (Å²) in [5.41, 5.74) is 4.41. The van der Waals surface area contributed by atoms with Crippen LogP contribution in [0.5, 0.6) is 5.75 Å². The van der Waals surface area contributed by atoms with Crippen LogP contribution in [0.2, 0.25) is 0 Å². The van der Waals surface area contributed by atoms with Crippen molar-refractivity contribution in [2.24, 2.45) is 0 Å². The Kier molecular flexibility index (Phi) is 6.80. The zero-order valence-corrected chi connectivity index (χ0v) is 20.9. The molecule has 0 fully saturated rings. The highest BCUT2D eigenvalue weighted by Crippen LogP contribution is 2.44. The average Bonchev–Trinajstić information content (AvgIpc) is 3.31. The van der Waals surface area contributed by atoms with Crippen LogP contribution in [-0.4, -0.2) is 29.7 Å². The molecule has 2 heterocycles. The minimum Gasteiger partial charge on any atom is -0.497 e. The standard InChI is InChI=1S/C29H21ClN2O3S/c1-35-21-14-12-18(13-15-21)22-16-23(19-8-4-2-5-9-19)31-29-25(22)26(32-24(33)17-30)28(36-29)27(34)20-10-6-3-7-11-20/h2-16H,17H2,1H3,(H,32,33). The Balaban J connectivity index is 1.81. The van der Waals surface area contributed by atoms with Crippen LogP contribution in [0.15, 0.2) is 91.0 Å². The van der Waals surface area contributed by atoms with Gasteiger partial charge in [-0.2, -0.15) is 0 Å². The van der Waals surface area contributed by atoms with E-state index in [1.165, 1.54) is 11.3 Å². The summed E-state index contributed by atoms with van der Waals surface area (Å²) in [6.07, 6.45) is 0. The molecule has 1 amide bonds. The molecule has 0 aliphatic heterocycles. The number of carbonyl (C=O) groups excluding carboxylic acids is 2. The van der Waals surface area contributed by atoms with E-state index in [0.29, 0.717) is 26.3 Å².